The van der Waals surface area contributed by atoms with Crippen LogP contribution in [0, 0.1) is 0 Å². The maximum atomic E-state index is 13.7. The van der Waals surface area contributed by atoms with Crippen LogP contribution in [-0.2, 0) is 22.2 Å². The second kappa shape index (κ2) is 18.5. The maximum absolute atomic E-state index is 13.7. The van der Waals surface area contributed by atoms with E-state index < -0.39 is 12.7 Å². The minimum Gasteiger partial charge on any atom is -0.319 e. The van der Waals surface area contributed by atoms with Crippen LogP contribution in [-0.4, -0.2) is 59.6 Å². The number of rotatable bonds is 17. The molecule has 0 atom stereocenters. The summed E-state index contributed by atoms with van der Waals surface area (Å²) in [6.07, 6.45) is -3.20. The van der Waals surface area contributed by atoms with E-state index in [0.29, 0.717) is 50.8 Å². The molecule has 4 amide bonds. The lowest BCUT2D eigenvalue weighted by Gasteiger charge is -2.33. The minimum absolute atomic E-state index is 0.251. The van der Waals surface area contributed by atoms with Crippen LogP contribution in [0.3, 0.4) is 0 Å². The molecule has 0 aliphatic heterocycles. The molecule has 3 aromatic rings. The average molecular weight is 689 g/mol. The summed E-state index contributed by atoms with van der Waals surface area (Å²) in [6.45, 7) is 8.81. The number of hydrogen-bond donors (Lipinski definition) is 2. The highest BCUT2D eigenvalue weighted by Gasteiger charge is 2.28. The molecule has 0 bridgehead atoms. The van der Waals surface area contributed by atoms with E-state index in [2.05, 4.69) is 9.44 Å². The highest BCUT2D eigenvalue weighted by atomic mass is 32.7. The van der Waals surface area contributed by atoms with E-state index in [1.807, 2.05) is 119 Å². The first kappa shape index (κ1) is 36.8. The van der Waals surface area contributed by atoms with Gasteiger partial charge in [-0.3, -0.25) is 9.44 Å². The van der Waals surface area contributed by atoms with Gasteiger partial charge in [0, 0.05) is 79.9 Å². The summed E-state index contributed by atoms with van der Waals surface area (Å²) >= 11 is 2.08. The molecule has 0 aliphatic rings. The summed E-state index contributed by atoms with van der Waals surface area (Å²) in [5.74, 6) is -0.251. The summed E-state index contributed by atoms with van der Waals surface area (Å²) in [5, 5.41) is 0. The predicted octanol–water partition coefficient (Wildman–Crippen LogP) is 9.13. The van der Waals surface area contributed by atoms with E-state index >= 15 is 0 Å². The van der Waals surface area contributed by atoms with E-state index in [0.717, 1.165) is 39.8 Å². The van der Waals surface area contributed by atoms with Crippen molar-refractivity contribution in [3.8, 4) is 0 Å². The summed E-state index contributed by atoms with van der Waals surface area (Å²) in [4.78, 5) is 30.9. The van der Waals surface area contributed by atoms with Gasteiger partial charge in [0.2, 0.25) is 0 Å². The number of hydrogen-bond acceptors (Lipinski definition) is 6. The van der Waals surface area contributed by atoms with Crippen molar-refractivity contribution in [1.29, 1.82) is 0 Å². The fourth-order valence-electron chi connectivity index (χ4n) is 4.65. The predicted molar refractivity (Wildman–Crippen MR) is 193 cm³/mol. The standard InChI is InChI=1S/C33H46N4O4P2S2/c1-5-42(40,6-2)44-34-32(38)36(24-28-18-12-9-13-19-28)26-31(30-22-16-11-17-23-30)27-37(25-29-20-14-10-15-21-29)33(39)35-45-43(41,7-3)8-4/h9-23,31H,5-8,24-27H2,1-4H3,(H,34,38)(H,35,39). The van der Waals surface area contributed by atoms with Crippen LogP contribution in [0.4, 0.5) is 9.59 Å². The first-order valence-electron chi connectivity index (χ1n) is 15.4. The lowest BCUT2D eigenvalue weighted by Crippen LogP contribution is -2.44. The summed E-state index contributed by atoms with van der Waals surface area (Å²) < 4.78 is 32.0. The zero-order valence-corrected chi connectivity index (χ0v) is 30.1. The van der Waals surface area contributed by atoms with E-state index in [-0.39, 0.29) is 18.0 Å². The summed E-state index contributed by atoms with van der Waals surface area (Å²) in [5.41, 5.74) is 2.91. The van der Waals surface area contributed by atoms with Gasteiger partial charge in [-0.1, -0.05) is 119 Å². The smallest absolute Gasteiger partial charge is 0.319 e. The Kier molecular flexibility index (Phi) is 15.1. The maximum Gasteiger partial charge on any atom is 0.328 e. The molecule has 2 N–H and O–H groups in total. The number of carbonyl (C=O) groups is 2. The quantitative estimate of drug-likeness (QED) is 0.108. The van der Waals surface area contributed by atoms with Crippen molar-refractivity contribution >= 4 is 47.9 Å². The normalized spacial score (nSPS) is 11.7. The molecule has 8 nitrogen and oxygen atoms in total. The van der Waals surface area contributed by atoms with Crippen molar-refractivity contribution in [1.82, 2.24) is 19.2 Å². The van der Waals surface area contributed by atoms with Crippen LogP contribution in [0.5, 0.6) is 0 Å². The molecule has 0 saturated heterocycles. The zero-order chi connectivity index (χ0) is 32.7. The van der Waals surface area contributed by atoms with Gasteiger partial charge in [-0.25, -0.2) is 9.59 Å². The van der Waals surface area contributed by atoms with Crippen molar-refractivity contribution in [3.05, 3.63) is 108 Å². The second-order valence-corrected chi connectivity index (χ2v) is 22.4. The van der Waals surface area contributed by atoms with Gasteiger partial charge in [-0.15, -0.1) is 0 Å². The first-order valence-corrected chi connectivity index (χ1v) is 22.4. The largest absolute Gasteiger partial charge is 0.328 e. The Morgan fingerprint density at radius 3 is 1.27 bits per heavy atom. The highest BCUT2D eigenvalue weighted by Crippen LogP contribution is 2.56. The summed E-state index contributed by atoms with van der Waals surface area (Å²) in [7, 11) is 0. The molecule has 3 aromatic carbocycles. The van der Waals surface area contributed by atoms with Crippen molar-refractivity contribution in [2.24, 2.45) is 0 Å². The lowest BCUT2D eigenvalue weighted by atomic mass is 9.97. The van der Waals surface area contributed by atoms with E-state index in [1.54, 1.807) is 9.80 Å². The van der Waals surface area contributed by atoms with E-state index in [4.69, 9.17) is 0 Å². The highest BCUT2D eigenvalue weighted by molar-refractivity contribution is 8.57. The molecule has 244 valence electrons. The van der Waals surface area contributed by atoms with Gasteiger partial charge < -0.3 is 18.9 Å². The van der Waals surface area contributed by atoms with Gasteiger partial charge in [0.25, 0.3) is 0 Å². The van der Waals surface area contributed by atoms with Crippen LogP contribution >= 0.6 is 35.8 Å². The van der Waals surface area contributed by atoms with Crippen LogP contribution in [0.1, 0.15) is 50.3 Å². The number of carbonyl (C=O) groups excluding carboxylic acids is 2. The Labute approximate surface area is 277 Å². The molecule has 12 heteroatoms. The van der Waals surface area contributed by atoms with Crippen molar-refractivity contribution in [2.75, 3.05) is 37.7 Å². The van der Waals surface area contributed by atoms with E-state index in [1.165, 1.54) is 0 Å². The molecule has 0 aliphatic carbocycles. The van der Waals surface area contributed by atoms with Crippen molar-refractivity contribution in [3.63, 3.8) is 0 Å². The van der Waals surface area contributed by atoms with Crippen LogP contribution in [0.2, 0.25) is 0 Å². The van der Waals surface area contributed by atoms with Crippen molar-refractivity contribution < 1.29 is 18.7 Å². The molecular formula is C33H46N4O4P2S2. The Hall–Kier alpha value is -2.64. The minimum atomic E-state index is -2.58. The lowest BCUT2D eigenvalue weighted by molar-refractivity contribution is 0.181. The van der Waals surface area contributed by atoms with Crippen molar-refractivity contribution in [2.45, 2.75) is 46.7 Å². The number of urea groups is 2. The number of nitrogens with one attached hydrogen (secondary N) is 2. The Bertz CT molecular complexity index is 1330. The third kappa shape index (κ3) is 11.9. The van der Waals surface area contributed by atoms with Crippen LogP contribution < -0.4 is 9.44 Å². The Morgan fingerprint density at radius 2 is 0.933 bits per heavy atom. The number of amides is 4. The molecule has 0 radical (unpaired) electrons. The van der Waals surface area contributed by atoms with Gasteiger partial charge in [-0.05, 0) is 16.7 Å². The van der Waals surface area contributed by atoms with Crippen LogP contribution in [0.25, 0.3) is 0 Å². The van der Waals surface area contributed by atoms with Gasteiger partial charge in [0.05, 0.1) is 0 Å². The molecule has 0 unspecified atom stereocenters. The third-order valence-corrected chi connectivity index (χ3v) is 18.4. The fraction of sp³-hybridized carbons (Fsp3) is 0.394. The zero-order valence-electron chi connectivity index (χ0n) is 26.6. The summed E-state index contributed by atoms with van der Waals surface area (Å²) in [6, 6.07) is 28.7. The molecule has 0 aromatic heterocycles. The number of benzene rings is 3. The Balaban J connectivity index is 1.94. The van der Waals surface area contributed by atoms with E-state index in [9.17, 15) is 18.7 Å². The van der Waals surface area contributed by atoms with Gasteiger partial charge in [-0.2, -0.15) is 0 Å². The topological polar surface area (TPSA) is 98.8 Å². The third-order valence-electron chi connectivity index (χ3n) is 7.69. The fourth-order valence-corrected chi connectivity index (χ4v) is 9.82. The monoisotopic (exact) mass is 688 g/mol. The first-order chi connectivity index (χ1) is 21.6. The molecular weight excluding hydrogens is 642 g/mol. The molecule has 0 saturated carbocycles. The SMILES string of the molecule is CCP(=O)(CC)SNC(=O)N(Cc1ccccc1)CC(CN(Cc1ccccc1)C(=O)NSP(=O)(CC)CC)c1ccccc1. The van der Waals surface area contributed by atoms with Gasteiger partial charge >= 0.3 is 12.1 Å². The van der Waals surface area contributed by atoms with Gasteiger partial charge in [0.15, 0.2) is 12.7 Å². The average Bonchev–Trinajstić information content (AvgIpc) is 3.09. The molecule has 3 rings (SSSR count). The molecule has 45 heavy (non-hydrogen) atoms. The second-order valence-electron chi connectivity index (χ2n) is 10.7. The molecule has 0 heterocycles. The van der Waals surface area contributed by atoms with Crippen LogP contribution in [0.15, 0.2) is 91.0 Å². The Morgan fingerprint density at radius 1 is 0.600 bits per heavy atom. The molecule has 0 spiro atoms. The van der Waals surface area contributed by atoms with Gasteiger partial charge in [0.1, 0.15) is 0 Å². The number of nitrogens with zero attached hydrogens (tertiary/aromatic N) is 2. The molecule has 0 fully saturated rings.